The normalized spacial score (nSPS) is 23.0. The van der Waals surface area contributed by atoms with Gasteiger partial charge in [0.15, 0.2) is 0 Å². The molecule has 0 saturated carbocycles. The van der Waals surface area contributed by atoms with Crippen LogP contribution in [0.3, 0.4) is 0 Å². The van der Waals surface area contributed by atoms with Gasteiger partial charge in [0.1, 0.15) is 0 Å². The first-order valence-electron chi connectivity index (χ1n) is 7.63. The van der Waals surface area contributed by atoms with E-state index in [1.807, 2.05) is 18.2 Å². The molecule has 2 unspecified atom stereocenters. The summed E-state index contributed by atoms with van der Waals surface area (Å²) in [7, 11) is 0. The highest BCUT2D eigenvalue weighted by atomic mass is 16.3. The standard InChI is InChI=1S/C17H27NO/c1-14-6-5-11-18(12-9-14)13-10-17(19)16-8-4-3-7-15(16)2/h3-4,7-8,14,17,19H,5-6,9-13H2,1-2H3. The first-order chi connectivity index (χ1) is 9.16. The van der Waals surface area contributed by atoms with Gasteiger partial charge in [-0.3, -0.25) is 0 Å². The van der Waals surface area contributed by atoms with Gasteiger partial charge < -0.3 is 10.0 Å². The summed E-state index contributed by atoms with van der Waals surface area (Å²) in [6.45, 7) is 7.84. The number of aliphatic hydroxyl groups is 1. The van der Waals surface area contributed by atoms with E-state index in [2.05, 4.69) is 24.8 Å². The van der Waals surface area contributed by atoms with Gasteiger partial charge in [-0.2, -0.15) is 0 Å². The third-order valence-corrected chi connectivity index (χ3v) is 4.38. The first kappa shape index (κ1) is 14.5. The molecule has 2 atom stereocenters. The number of nitrogens with zero attached hydrogens (tertiary/aromatic N) is 1. The van der Waals surface area contributed by atoms with Crippen LogP contribution in [-0.4, -0.2) is 29.6 Å². The molecule has 1 fully saturated rings. The van der Waals surface area contributed by atoms with Crippen LogP contribution in [0.2, 0.25) is 0 Å². The molecule has 0 aliphatic carbocycles. The lowest BCUT2D eigenvalue weighted by molar-refractivity contribution is 0.142. The van der Waals surface area contributed by atoms with E-state index in [9.17, 15) is 5.11 Å². The summed E-state index contributed by atoms with van der Waals surface area (Å²) in [6.07, 6.45) is 4.50. The van der Waals surface area contributed by atoms with Gasteiger partial charge in [0.25, 0.3) is 0 Å². The van der Waals surface area contributed by atoms with Crippen LogP contribution in [-0.2, 0) is 0 Å². The van der Waals surface area contributed by atoms with Crippen molar-refractivity contribution in [3.8, 4) is 0 Å². The molecule has 1 aromatic carbocycles. The monoisotopic (exact) mass is 261 g/mol. The molecule has 0 aromatic heterocycles. The molecule has 2 heteroatoms. The van der Waals surface area contributed by atoms with Crippen LogP contribution in [0.15, 0.2) is 24.3 Å². The number of rotatable bonds is 4. The van der Waals surface area contributed by atoms with Crippen LogP contribution in [0.1, 0.15) is 49.8 Å². The predicted octanol–water partition coefficient (Wildman–Crippen LogP) is 3.54. The molecule has 1 saturated heterocycles. The van der Waals surface area contributed by atoms with Gasteiger partial charge in [0, 0.05) is 6.54 Å². The Hall–Kier alpha value is -0.860. The Morgan fingerprint density at radius 3 is 2.84 bits per heavy atom. The second kappa shape index (κ2) is 7.06. The number of hydrogen-bond donors (Lipinski definition) is 1. The maximum atomic E-state index is 10.3. The fourth-order valence-corrected chi connectivity index (χ4v) is 2.97. The van der Waals surface area contributed by atoms with E-state index in [4.69, 9.17) is 0 Å². The van der Waals surface area contributed by atoms with Gasteiger partial charge in [-0.25, -0.2) is 0 Å². The van der Waals surface area contributed by atoms with Crippen molar-refractivity contribution >= 4 is 0 Å². The summed E-state index contributed by atoms with van der Waals surface area (Å²) >= 11 is 0. The van der Waals surface area contributed by atoms with Crippen molar-refractivity contribution in [1.82, 2.24) is 4.90 Å². The highest BCUT2D eigenvalue weighted by molar-refractivity contribution is 5.27. The molecule has 0 spiro atoms. The van der Waals surface area contributed by atoms with Gasteiger partial charge in [-0.15, -0.1) is 0 Å². The summed E-state index contributed by atoms with van der Waals surface area (Å²) in [5, 5.41) is 10.3. The molecule has 1 heterocycles. The zero-order chi connectivity index (χ0) is 13.7. The van der Waals surface area contributed by atoms with E-state index in [-0.39, 0.29) is 6.10 Å². The van der Waals surface area contributed by atoms with Gasteiger partial charge >= 0.3 is 0 Å². The number of hydrogen-bond acceptors (Lipinski definition) is 2. The van der Waals surface area contributed by atoms with Gasteiger partial charge in [0.05, 0.1) is 6.10 Å². The number of benzene rings is 1. The molecule has 1 aliphatic rings. The lowest BCUT2D eigenvalue weighted by Crippen LogP contribution is -2.27. The van der Waals surface area contributed by atoms with Crippen molar-refractivity contribution in [2.24, 2.45) is 5.92 Å². The maximum absolute atomic E-state index is 10.3. The molecule has 1 N–H and O–H groups in total. The molecule has 106 valence electrons. The molecule has 1 aliphatic heterocycles. The number of aliphatic hydroxyl groups excluding tert-OH is 1. The van der Waals surface area contributed by atoms with Crippen LogP contribution in [0.4, 0.5) is 0 Å². The second-order valence-electron chi connectivity index (χ2n) is 6.04. The van der Waals surface area contributed by atoms with E-state index in [0.717, 1.165) is 24.4 Å². The van der Waals surface area contributed by atoms with Crippen LogP contribution in [0.5, 0.6) is 0 Å². The smallest absolute Gasteiger partial charge is 0.0804 e. The molecule has 1 aromatic rings. The van der Waals surface area contributed by atoms with Gasteiger partial charge in [0.2, 0.25) is 0 Å². The number of aryl methyl sites for hydroxylation is 1. The Bertz CT molecular complexity index is 391. The minimum absolute atomic E-state index is 0.318. The van der Waals surface area contributed by atoms with Gasteiger partial charge in [-0.05, 0) is 62.7 Å². The minimum atomic E-state index is -0.318. The lowest BCUT2D eigenvalue weighted by Gasteiger charge is -2.22. The molecule has 19 heavy (non-hydrogen) atoms. The Balaban J connectivity index is 1.83. The summed E-state index contributed by atoms with van der Waals surface area (Å²) in [4.78, 5) is 2.52. The Labute approximate surface area is 117 Å². The molecular formula is C17H27NO. The van der Waals surface area contributed by atoms with E-state index in [1.165, 1.54) is 37.9 Å². The zero-order valence-corrected chi connectivity index (χ0v) is 12.3. The van der Waals surface area contributed by atoms with Crippen molar-refractivity contribution in [3.05, 3.63) is 35.4 Å². The van der Waals surface area contributed by atoms with Crippen molar-refractivity contribution < 1.29 is 5.11 Å². The molecule has 0 bridgehead atoms. The van der Waals surface area contributed by atoms with Crippen molar-refractivity contribution in [2.45, 2.75) is 45.6 Å². The van der Waals surface area contributed by atoms with Crippen LogP contribution in [0, 0.1) is 12.8 Å². The average molecular weight is 261 g/mol. The van der Waals surface area contributed by atoms with Crippen LogP contribution in [0.25, 0.3) is 0 Å². The molecule has 0 radical (unpaired) electrons. The highest BCUT2D eigenvalue weighted by Gasteiger charge is 2.16. The minimum Gasteiger partial charge on any atom is -0.388 e. The predicted molar refractivity (Wildman–Crippen MR) is 80.2 cm³/mol. The largest absolute Gasteiger partial charge is 0.388 e. The van der Waals surface area contributed by atoms with Crippen LogP contribution < -0.4 is 0 Å². The third kappa shape index (κ3) is 4.32. The summed E-state index contributed by atoms with van der Waals surface area (Å²) in [5.74, 6) is 0.867. The average Bonchev–Trinajstić information content (AvgIpc) is 2.61. The Morgan fingerprint density at radius 2 is 2.05 bits per heavy atom. The first-order valence-corrected chi connectivity index (χ1v) is 7.63. The molecule has 0 amide bonds. The third-order valence-electron chi connectivity index (χ3n) is 4.38. The van der Waals surface area contributed by atoms with E-state index in [1.54, 1.807) is 0 Å². The van der Waals surface area contributed by atoms with E-state index < -0.39 is 0 Å². The molecule has 2 rings (SSSR count). The summed E-state index contributed by atoms with van der Waals surface area (Å²) < 4.78 is 0. The summed E-state index contributed by atoms with van der Waals surface area (Å²) in [6, 6.07) is 8.16. The fraction of sp³-hybridized carbons (Fsp3) is 0.647. The second-order valence-corrected chi connectivity index (χ2v) is 6.04. The van der Waals surface area contributed by atoms with Crippen LogP contribution >= 0.6 is 0 Å². The Kier molecular flexibility index (Phi) is 5.41. The summed E-state index contributed by atoms with van der Waals surface area (Å²) in [5.41, 5.74) is 2.28. The molecule has 2 nitrogen and oxygen atoms in total. The topological polar surface area (TPSA) is 23.5 Å². The Morgan fingerprint density at radius 1 is 1.26 bits per heavy atom. The highest BCUT2D eigenvalue weighted by Crippen LogP contribution is 2.22. The zero-order valence-electron chi connectivity index (χ0n) is 12.3. The lowest BCUT2D eigenvalue weighted by atomic mass is 10.0. The quantitative estimate of drug-likeness (QED) is 0.896. The van der Waals surface area contributed by atoms with Crippen molar-refractivity contribution in [3.63, 3.8) is 0 Å². The maximum Gasteiger partial charge on any atom is 0.0804 e. The SMILES string of the molecule is Cc1ccccc1C(O)CCN1CCCC(C)CC1. The number of likely N-dealkylation sites (tertiary alicyclic amines) is 1. The van der Waals surface area contributed by atoms with E-state index in [0.29, 0.717) is 0 Å². The van der Waals surface area contributed by atoms with Crippen molar-refractivity contribution in [2.75, 3.05) is 19.6 Å². The van der Waals surface area contributed by atoms with E-state index >= 15 is 0 Å². The fourth-order valence-electron chi connectivity index (χ4n) is 2.97. The molecular weight excluding hydrogens is 234 g/mol. The van der Waals surface area contributed by atoms with Crippen molar-refractivity contribution in [1.29, 1.82) is 0 Å². The van der Waals surface area contributed by atoms with Gasteiger partial charge in [-0.1, -0.05) is 31.2 Å².